The molecule has 0 bridgehead atoms. The minimum atomic E-state index is -1.48. The number of hydrogen-bond acceptors (Lipinski definition) is 3. The molecule has 0 unspecified atom stereocenters. The highest BCUT2D eigenvalue weighted by Gasteiger charge is 2.23. The third-order valence-electron chi connectivity index (χ3n) is 2.13. The molecule has 2 amide bonds. The number of carbonyl (C=O) groups is 3. The minimum absolute atomic E-state index is 0.298. The maximum atomic E-state index is 13.3. The number of nitrogens with two attached hydrogens (primary N) is 1. The number of aliphatic carboxylic acids is 1. The molecule has 0 aliphatic carbocycles. The van der Waals surface area contributed by atoms with Gasteiger partial charge < -0.3 is 16.2 Å². The highest BCUT2D eigenvalue weighted by atomic mass is 19.1. The van der Waals surface area contributed by atoms with E-state index in [2.05, 4.69) is 0 Å². The molecule has 0 fully saturated rings. The first-order chi connectivity index (χ1) is 8.41. The highest BCUT2D eigenvalue weighted by Crippen LogP contribution is 2.06. The number of amides is 2. The van der Waals surface area contributed by atoms with Crippen LogP contribution in [0.25, 0.3) is 0 Å². The maximum Gasteiger partial charge on any atom is 0.326 e. The zero-order chi connectivity index (χ0) is 13.7. The fourth-order valence-electron chi connectivity index (χ4n) is 1.28. The second-order valence-electron chi connectivity index (χ2n) is 3.51. The van der Waals surface area contributed by atoms with Crippen LogP contribution in [-0.4, -0.2) is 28.9 Å². The van der Waals surface area contributed by atoms with E-state index in [0.717, 1.165) is 6.07 Å². The minimum Gasteiger partial charge on any atom is -0.480 e. The summed E-state index contributed by atoms with van der Waals surface area (Å²) in [5.74, 6) is -3.99. The number of carboxylic acid groups (broad SMARTS) is 1. The predicted octanol–water partition coefficient (Wildman–Crippen LogP) is -0.116. The number of primary amides is 1. The molecule has 0 spiro atoms. The summed E-state index contributed by atoms with van der Waals surface area (Å²) < 4.78 is 13.3. The van der Waals surface area contributed by atoms with Crippen LogP contribution in [0.5, 0.6) is 0 Å². The predicted molar refractivity (Wildman–Crippen MR) is 59.1 cm³/mol. The van der Waals surface area contributed by atoms with Gasteiger partial charge in [-0.05, 0) is 12.1 Å². The Morgan fingerprint density at radius 2 is 1.94 bits per heavy atom. The van der Waals surface area contributed by atoms with E-state index in [-0.39, 0.29) is 5.56 Å². The van der Waals surface area contributed by atoms with Gasteiger partial charge in [0.2, 0.25) is 5.91 Å². The molecule has 0 aliphatic rings. The number of carbonyl (C=O) groups excluding carboxylic acids is 2. The molecule has 1 rings (SSSR count). The van der Waals surface area contributed by atoms with E-state index in [1.165, 1.54) is 18.2 Å². The third-order valence-corrected chi connectivity index (χ3v) is 2.13. The first kappa shape index (κ1) is 13.6. The van der Waals surface area contributed by atoms with Crippen molar-refractivity contribution in [1.82, 2.24) is 5.32 Å². The van der Waals surface area contributed by atoms with E-state index in [0.29, 0.717) is 0 Å². The van der Waals surface area contributed by atoms with E-state index in [4.69, 9.17) is 10.8 Å². The van der Waals surface area contributed by atoms with E-state index >= 15 is 0 Å². The van der Waals surface area contributed by atoms with E-state index in [1.807, 2.05) is 5.32 Å². The van der Waals surface area contributed by atoms with Crippen LogP contribution >= 0.6 is 0 Å². The van der Waals surface area contributed by atoms with Gasteiger partial charge in [0.15, 0.2) is 0 Å². The zero-order valence-electron chi connectivity index (χ0n) is 9.22. The van der Waals surface area contributed by atoms with Crippen LogP contribution in [-0.2, 0) is 9.59 Å². The Morgan fingerprint density at radius 3 is 2.44 bits per heavy atom. The summed E-state index contributed by atoms with van der Waals surface area (Å²) in [4.78, 5) is 33.0. The average Bonchev–Trinajstić information content (AvgIpc) is 2.27. The first-order valence-electron chi connectivity index (χ1n) is 4.98. The lowest BCUT2D eigenvalue weighted by molar-refractivity contribution is -0.140. The van der Waals surface area contributed by atoms with Crippen molar-refractivity contribution in [2.45, 2.75) is 12.5 Å². The van der Waals surface area contributed by atoms with Crippen LogP contribution in [0.15, 0.2) is 24.3 Å². The van der Waals surface area contributed by atoms with Crippen LogP contribution in [0.2, 0.25) is 0 Å². The Morgan fingerprint density at radius 1 is 1.33 bits per heavy atom. The van der Waals surface area contributed by atoms with Gasteiger partial charge in [-0.25, -0.2) is 9.18 Å². The number of benzene rings is 1. The second kappa shape index (κ2) is 5.76. The van der Waals surface area contributed by atoms with Crippen LogP contribution in [0.4, 0.5) is 4.39 Å². The molecule has 4 N–H and O–H groups in total. The van der Waals surface area contributed by atoms with Gasteiger partial charge in [-0.15, -0.1) is 0 Å². The van der Waals surface area contributed by atoms with Crippen LogP contribution in [0.1, 0.15) is 16.8 Å². The molecule has 0 saturated heterocycles. The number of rotatable bonds is 5. The van der Waals surface area contributed by atoms with Crippen molar-refractivity contribution in [2.75, 3.05) is 0 Å². The van der Waals surface area contributed by atoms with E-state index < -0.39 is 36.1 Å². The quantitative estimate of drug-likeness (QED) is 0.680. The van der Waals surface area contributed by atoms with Crippen molar-refractivity contribution in [3.8, 4) is 0 Å². The lowest BCUT2D eigenvalue weighted by Crippen LogP contribution is -2.43. The Kier molecular flexibility index (Phi) is 4.36. The lowest BCUT2D eigenvalue weighted by atomic mass is 10.1. The fraction of sp³-hybridized carbons (Fsp3) is 0.182. The molecule has 6 nitrogen and oxygen atoms in total. The molecule has 0 aromatic heterocycles. The molecule has 1 aromatic rings. The van der Waals surface area contributed by atoms with Gasteiger partial charge in [0.05, 0.1) is 12.0 Å². The molecule has 0 saturated carbocycles. The molecule has 0 radical (unpaired) electrons. The van der Waals surface area contributed by atoms with Crippen molar-refractivity contribution in [1.29, 1.82) is 0 Å². The summed E-state index contributed by atoms with van der Waals surface area (Å²) in [6, 6.07) is 3.62. The Hall–Kier alpha value is -2.44. The number of carboxylic acids is 1. The Bertz CT molecular complexity index is 490. The molecule has 18 heavy (non-hydrogen) atoms. The second-order valence-corrected chi connectivity index (χ2v) is 3.51. The summed E-state index contributed by atoms with van der Waals surface area (Å²) in [6.07, 6.45) is -0.560. The third kappa shape index (κ3) is 3.55. The topological polar surface area (TPSA) is 109 Å². The van der Waals surface area contributed by atoms with Crippen molar-refractivity contribution in [2.24, 2.45) is 5.73 Å². The smallest absolute Gasteiger partial charge is 0.326 e. The normalized spacial score (nSPS) is 11.6. The molecular formula is C11H11FN2O4. The van der Waals surface area contributed by atoms with Crippen LogP contribution in [0, 0.1) is 5.82 Å². The molecule has 1 atom stereocenters. The van der Waals surface area contributed by atoms with Gasteiger partial charge in [0.25, 0.3) is 5.91 Å². The van der Waals surface area contributed by atoms with Crippen molar-refractivity contribution in [3.05, 3.63) is 35.6 Å². The zero-order valence-corrected chi connectivity index (χ0v) is 9.22. The highest BCUT2D eigenvalue weighted by molar-refractivity contribution is 5.97. The summed E-state index contributed by atoms with van der Waals surface area (Å²) in [5.41, 5.74) is 4.55. The maximum absolute atomic E-state index is 13.3. The summed E-state index contributed by atoms with van der Waals surface area (Å²) >= 11 is 0. The summed E-state index contributed by atoms with van der Waals surface area (Å²) in [5, 5.41) is 10.8. The van der Waals surface area contributed by atoms with Crippen molar-refractivity contribution >= 4 is 17.8 Å². The lowest BCUT2D eigenvalue weighted by Gasteiger charge is -2.12. The molecular weight excluding hydrogens is 243 g/mol. The van der Waals surface area contributed by atoms with Gasteiger partial charge >= 0.3 is 5.97 Å². The van der Waals surface area contributed by atoms with Gasteiger partial charge in [-0.3, -0.25) is 9.59 Å². The fourth-order valence-corrected chi connectivity index (χ4v) is 1.28. The summed E-state index contributed by atoms with van der Waals surface area (Å²) in [7, 11) is 0. The monoisotopic (exact) mass is 254 g/mol. The van der Waals surface area contributed by atoms with Crippen molar-refractivity contribution < 1.29 is 23.9 Å². The van der Waals surface area contributed by atoms with Crippen LogP contribution < -0.4 is 11.1 Å². The Balaban J connectivity index is 2.82. The number of nitrogens with one attached hydrogen (secondary N) is 1. The van der Waals surface area contributed by atoms with E-state index in [9.17, 15) is 18.8 Å². The van der Waals surface area contributed by atoms with Gasteiger partial charge in [-0.1, -0.05) is 12.1 Å². The van der Waals surface area contributed by atoms with Crippen molar-refractivity contribution in [3.63, 3.8) is 0 Å². The molecule has 96 valence electrons. The molecule has 0 aliphatic heterocycles. The Labute approximate surface area is 102 Å². The largest absolute Gasteiger partial charge is 0.480 e. The van der Waals surface area contributed by atoms with Crippen LogP contribution in [0.3, 0.4) is 0 Å². The van der Waals surface area contributed by atoms with Gasteiger partial charge in [0.1, 0.15) is 11.9 Å². The molecule has 0 heterocycles. The standard InChI is InChI=1S/C11H11FN2O4/c12-7-4-2-1-3-6(7)10(16)14-8(11(17)18)5-9(13)15/h1-4,8H,5H2,(H2,13,15)(H,14,16)(H,17,18)/t8-/m0/s1. The van der Waals surface area contributed by atoms with Gasteiger partial charge in [0, 0.05) is 0 Å². The van der Waals surface area contributed by atoms with Gasteiger partial charge in [-0.2, -0.15) is 0 Å². The summed E-state index contributed by atoms with van der Waals surface area (Å²) in [6.45, 7) is 0. The van der Waals surface area contributed by atoms with E-state index in [1.54, 1.807) is 0 Å². The SMILES string of the molecule is NC(=O)C[C@H](NC(=O)c1ccccc1F)C(=O)O. The molecule has 7 heteroatoms. The first-order valence-corrected chi connectivity index (χ1v) is 4.98. The average molecular weight is 254 g/mol. The number of hydrogen-bond donors (Lipinski definition) is 3. The molecule has 1 aromatic carbocycles. The number of halogens is 1.